The number of nitrogens with zero attached hydrogens (tertiary/aromatic N) is 2. The third-order valence-electron chi connectivity index (χ3n) is 2.61. The molecule has 0 spiro atoms. The van der Waals surface area contributed by atoms with Crippen LogP contribution in [0.5, 0.6) is 0 Å². The minimum Gasteiger partial charge on any atom is -0.349 e. The van der Waals surface area contributed by atoms with Crippen LogP contribution in [0.4, 0.5) is 10.2 Å². The Kier molecular flexibility index (Phi) is 4.53. The van der Waals surface area contributed by atoms with Crippen molar-refractivity contribution in [3.8, 4) is 0 Å². The molecule has 0 bridgehead atoms. The number of rotatable bonds is 5. The molecule has 2 nitrogen and oxygen atoms in total. The van der Waals surface area contributed by atoms with Crippen LogP contribution in [0.25, 0.3) is 0 Å². The molecule has 0 fully saturated rings. The fraction of sp³-hybridized carbons (Fsp3) is 0.214. The lowest BCUT2D eigenvalue weighted by Gasteiger charge is -2.23. The molecule has 0 saturated carbocycles. The molecule has 1 aromatic carbocycles. The number of pyridine rings is 1. The van der Waals surface area contributed by atoms with Gasteiger partial charge in [0.15, 0.2) is 11.6 Å². The first-order chi connectivity index (χ1) is 8.81. The molecule has 0 aliphatic rings. The zero-order valence-electron chi connectivity index (χ0n) is 9.89. The van der Waals surface area contributed by atoms with Crippen LogP contribution in [-0.4, -0.2) is 17.4 Å². The van der Waals surface area contributed by atoms with Gasteiger partial charge in [0.2, 0.25) is 0 Å². The Morgan fingerprint density at radius 2 is 1.89 bits per heavy atom. The number of alkyl halides is 1. The minimum atomic E-state index is -0.321. The Bertz CT molecular complexity index is 490. The van der Waals surface area contributed by atoms with Crippen LogP contribution in [-0.2, 0) is 6.54 Å². The maximum Gasteiger partial charge on any atom is 0.165 e. The lowest BCUT2D eigenvalue weighted by Crippen LogP contribution is -2.26. The SMILES string of the molecule is Fc1cccnc1N(CCCl)Cc1ccccc1. The third kappa shape index (κ3) is 3.20. The zero-order valence-corrected chi connectivity index (χ0v) is 10.6. The van der Waals surface area contributed by atoms with E-state index >= 15 is 0 Å². The summed E-state index contributed by atoms with van der Waals surface area (Å²) < 4.78 is 13.7. The second kappa shape index (κ2) is 6.36. The van der Waals surface area contributed by atoms with Gasteiger partial charge < -0.3 is 4.90 Å². The van der Waals surface area contributed by atoms with Crippen molar-refractivity contribution in [2.24, 2.45) is 0 Å². The van der Waals surface area contributed by atoms with E-state index in [1.54, 1.807) is 12.3 Å². The van der Waals surface area contributed by atoms with Crippen LogP contribution in [0.3, 0.4) is 0 Å². The zero-order chi connectivity index (χ0) is 12.8. The Hall–Kier alpha value is -1.61. The van der Waals surface area contributed by atoms with E-state index in [0.29, 0.717) is 24.8 Å². The van der Waals surface area contributed by atoms with Crippen molar-refractivity contribution < 1.29 is 4.39 Å². The first-order valence-electron chi connectivity index (χ1n) is 5.76. The molecule has 2 aromatic rings. The Morgan fingerprint density at radius 1 is 1.11 bits per heavy atom. The van der Waals surface area contributed by atoms with Crippen molar-refractivity contribution in [1.29, 1.82) is 0 Å². The van der Waals surface area contributed by atoms with Gasteiger partial charge in [0.05, 0.1) is 0 Å². The van der Waals surface area contributed by atoms with Gasteiger partial charge >= 0.3 is 0 Å². The standard InChI is InChI=1S/C14H14ClFN2/c15-8-10-18(11-12-5-2-1-3-6-12)14-13(16)7-4-9-17-14/h1-7,9H,8,10-11H2. The summed E-state index contributed by atoms with van der Waals surface area (Å²) in [5.74, 6) is 0.462. The molecule has 0 radical (unpaired) electrons. The van der Waals surface area contributed by atoms with Crippen LogP contribution in [0.15, 0.2) is 48.7 Å². The lowest BCUT2D eigenvalue weighted by atomic mass is 10.2. The van der Waals surface area contributed by atoms with Crippen LogP contribution in [0.1, 0.15) is 5.56 Å². The number of anilines is 1. The third-order valence-corrected chi connectivity index (χ3v) is 2.78. The fourth-order valence-corrected chi connectivity index (χ4v) is 1.98. The summed E-state index contributed by atoms with van der Waals surface area (Å²) in [4.78, 5) is 5.93. The Labute approximate surface area is 111 Å². The van der Waals surface area contributed by atoms with Gasteiger partial charge in [-0.05, 0) is 17.7 Å². The molecule has 0 N–H and O–H groups in total. The highest BCUT2D eigenvalue weighted by atomic mass is 35.5. The van der Waals surface area contributed by atoms with Gasteiger partial charge in [-0.1, -0.05) is 30.3 Å². The molecule has 0 amide bonds. The van der Waals surface area contributed by atoms with Crippen molar-refractivity contribution in [2.75, 3.05) is 17.3 Å². The normalized spacial score (nSPS) is 10.3. The average Bonchev–Trinajstić information content (AvgIpc) is 2.40. The topological polar surface area (TPSA) is 16.1 Å². The van der Waals surface area contributed by atoms with Crippen molar-refractivity contribution in [3.05, 3.63) is 60.0 Å². The maximum atomic E-state index is 13.7. The van der Waals surface area contributed by atoms with Crippen molar-refractivity contribution in [3.63, 3.8) is 0 Å². The Balaban J connectivity index is 2.21. The molecule has 0 unspecified atom stereocenters. The summed E-state index contributed by atoms with van der Waals surface area (Å²) >= 11 is 5.77. The molecule has 0 aliphatic heterocycles. The average molecular weight is 265 g/mol. The van der Waals surface area contributed by atoms with Gasteiger partial charge in [-0.3, -0.25) is 0 Å². The van der Waals surface area contributed by atoms with E-state index in [1.807, 2.05) is 35.2 Å². The summed E-state index contributed by atoms with van der Waals surface area (Å²) in [5, 5.41) is 0. The number of hydrogen-bond donors (Lipinski definition) is 0. The number of benzene rings is 1. The molecule has 94 valence electrons. The summed E-state index contributed by atoms with van der Waals surface area (Å²) in [5.41, 5.74) is 1.10. The molecule has 2 rings (SSSR count). The highest BCUT2D eigenvalue weighted by molar-refractivity contribution is 6.18. The van der Waals surface area contributed by atoms with E-state index in [4.69, 9.17) is 11.6 Å². The summed E-state index contributed by atoms with van der Waals surface area (Å²) in [6, 6.07) is 12.9. The van der Waals surface area contributed by atoms with Gasteiger partial charge in [-0.15, -0.1) is 11.6 Å². The molecule has 4 heteroatoms. The van der Waals surface area contributed by atoms with Gasteiger partial charge in [0.25, 0.3) is 0 Å². The Morgan fingerprint density at radius 3 is 2.56 bits per heavy atom. The van der Waals surface area contributed by atoms with Crippen molar-refractivity contribution in [2.45, 2.75) is 6.54 Å². The largest absolute Gasteiger partial charge is 0.349 e. The monoisotopic (exact) mass is 264 g/mol. The van der Waals surface area contributed by atoms with Gasteiger partial charge in [-0.25, -0.2) is 9.37 Å². The molecular formula is C14H14ClFN2. The van der Waals surface area contributed by atoms with E-state index in [2.05, 4.69) is 4.98 Å². The predicted molar refractivity (Wildman–Crippen MR) is 72.4 cm³/mol. The van der Waals surface area contributed by atoms with Gasteiger partial charge in [0.1, 0.15) is 0 Å². The molecule has 1 aromatic heterocycles. The highest BCUT2D eigenvalue weighted by Gasteiger charge is 2.12. The van der Waals surface area contributed by atoms with Crippen LogP contribution in [0, 0.1) is 5.82 Å². The van der Waals surface area contributed by atoms with Gasteiger partial charge in [-0.2, -0.15) is 0 Å². The molecule has 0 saturated heterocycles. The summed E-state index contributed by atoms with van der Waals surface area (Å²) in [6.07, 6.45) is 1.59. The molecule has 0 aliphatic carbocycles. The lowest BCUT2D eigenvalue weighted by molar-refractivity contribution is 0.610. The van der Waals surface area contributed by atoms with E-state index < -0.39 is 0 Å². The molecule has 1 heterocycles. The quantitative estimate of drug-likeness (QED) is 0.769. The predicted octanol–water partition coefficient (Wildman–Crippen LogP) is 3.47. The second-order valence-electron chi connectivity index (χ2n) is 3.90. The fourth-order valence-electron chi connectivity index (χ4n) is 1.78. The number of aromatic nitrogens is 1. The van der Waals surface area contributed by atoms with Crippen LogP contribution >= 0.6 is 11.6 Å². The van der Waals surface area contributed by atoms with E-state index in [-0.39, 0.29) is 5.82 Å². The number of halogens is 2. The molecular weight excluding hydrogens is 251 g/mol. The summed E-state index contributed by atoms with van der Waals surface area (Å²) in [7, 11) is 0. The number of hydrogen-bond acceptors (Lipinski definition) is 2. The minimum absolute atomic E-state index is 0.321. The van der Waals surface area contributed by atoms with Crippen molar-refractivity contribution in [1.82, 2.24) is 4.98 Å². The van der Waals surface area contributed by atoms with Gasteiger partial charge in [0, 0.05) is 25.2 Å². The van der Waals surface area contributed by atoms with E-state index in [9.17, 15) is 4.39 Å². The van der Waals surface area contributed by atoms with Crippen LogP contribution < -0.4 is 4.90 Å². The van der Waals surface area contributed by atoms with Crippen LogP contribution in [0.2, 0.25) is 0 Å². The first-order valence-corrected chi connectivity index (χ1v) is 6.30. The first kappa shape index (κ1) is 12.8. The molecule has 18 heavy (non-hydrogen) atoms. The maximum absolute atomic E-state index is 13.7. The smallest absolute Gasteiger partial charge is 0.165 e. The van der Waals surface area contributed by atoms with Crippen molar-refractivity contribution >= 4 is 17.4 Å². The highest BCUT2D eigenvalue weighted by Crippen LogP contribution is 2.18. The van der Waals surface area contributed by atoms with E-state index in [0.717, 1.165) is 5.56 Å². The second-order valence-corrected chi connectivity index (χ2v) is 4.28. The molecule has 0 atom stereocenters. The summed E-state index contributed by atoms with van der Waals surface area (Å²) in [6.45, 7) is 1.16. The van der Waals surface area contributed by atoms with E-state index in [1.165, 1.54) is 6.07 Å².